The Morgan fingerprint density at radius 3 is 2.95 bits per heavy atom. The first-order valence-corrected chi connectivity index (χ1v) is 6.89. The molecule has 0 radical (unpaired) electrons. The van der Waals surface area contributed by atoms with Crippen LogP contribution in [0.15, 0.2) is 4.99 Å². The molecule has 1 aliphatic heterocycles. The van der Waals surface area contributed by atoms with Gasteiger partial charge in [0.1, 0.15) is 0 Å². The Morgan fingerprint density at radius 2 is 2.32 bits per heavy atom. The van der Waals surface area contributed by atoms with Gasteiger partial charge in [-0.1, -0.05) is 0 Å². The van der Waals surface area contributed by atoms with Crippen molar-refractivity contribution in [2.45, 2.75) is 51.2 Å². The van der Waals surface area contributed by atoms with Crippen LogP contribution in [0.5, 0.6) is 0 Å². The molecule has 0 amide bonds. The number of aliphatic imine (C=N–C) groups is 1. The summed E-state index contributed by atoms with van der Waals surface area (Å²) in [6.45, 7) is 4.33. The number of rotatable bonds is 7. The molecule has 0 aromatic heterocycles. The smallest absolute Gasteiger partial charge is 0.188 e. The summed E-state index contributed by atoms with van der Waals surface area (Å²) in [6, 6.07) is 0.195. The van der Waals surface area contributed by atoms with E-state index in [1.807, 2.05) is 6.92 Å². The molecule has 2 atom stereocenters. The first-order valence-electron chi connectivity index (χ1n) is 6.89. The number of methoxy groups -OCH3 is 1. The van der Waals surface area contributed by atoms with Crippen LogP contribution in [0.3, 0.4) is 0 Å². The topological polar surface area (TPSA) is 68.9 Å². The maximum Gasteiger partial charge on any atom is 0.188 e. The zero-order chi connectivity index (χ0) is 13.2. The molecule has 0 aromatic carbocycles. The van der Waals surface area contributed by atoms with Gasteiger partial charge < -0.3 is 20.5 Å². The van der Waals surface area contributed by atoms with Gasteiger partial charge in [0, 0.05) is 26.3 Å². The fraction of sp³-hybridized carbons (Fsp3) is 0.923. The molecule has 1 aliphatic rings. The molecule has 1 saturated heterocycles. The zero-order valence-corrected chi connectivity index (χ0v) is 14.4. The summed E-state index contributed by atoms with van der Waals surface area (Å²) >= 11 is 0. The Morgan fingerprint density at radius 1 is 1.53 bits per heavy atom. The lowest BCUT2D eigenvalue weighted by atomic mass is 10.1. The number of nitrogens with zero attached hydrogens (tertiary/aromatic N) is 1. The highest BCUT2D eigenvalue weighted by Gasteiger charge is 2.12. The van der Waals surface area contributed by atoms with Gasteiger partial charge in [0.15, 0.2) is 5.96 Å². The zero-order valence-electron chi connectivity index (χ0n) is 12.1. The molecule has 0 bridgehead atoms. The van der Waals surface area contributed by atoms with Crippen molar-refractivity contribution in [3.05, 3.63) is 0 Å². The summed E-state index contributed by atoms with van der Waals surface area (Å²) in [6.07, 6.45) is 6.27. The van der Waals surface area contributed by atoms with E-state index in [0.29, 0.717) is 18.7 Å². The molecule has 6 heteroatoms. The highest BCUT2D eigenvalue weighted by atomic mass is 127. The van der Waals surface area contributed by atoms with Crippen LogP contribution in [0.2, 0.25) is 0 Å². The average molecular weight is 385 g/mol. The van der Waals surface area contributed by atoms with Crippen molar-refractivity contribution in [3.8, 4) is 0 Å². The van der Waals surface area contributed by atoms with Crippen LogP contribution in [0.4, 0.5) is 0 Å². The highest BCUT2D eigenvalue weighted by Crippen LogP contribution is 2.16. The van der Waals surface area contributed by atoms with Crippen molar-refractivity contribution in [1.29, 1.82) is 0 Å². The summed E-state index contributed by atoms with van der Waals surface area (Å²) in [5.74, 6) is 0.504. The number of nitrogens with one attached hydrogen (secondary N) is 1. The molecule has 1 heterocycles. The van der Waals surface area contributed by atoms with E-state index in [0.717, 1.165) is 26.0 Å². The van der Waals surface area contributed by atoms with Crippen molar-refractivity contribution < 1.29 is 9.47 Å². The molecule has 0 spiro atoms. The number of hydrogen-bond donors (Lipinski definition) is 2. The molecule has 1 fully saturated rings. The van der Waals surface area contributed by atoms with Crippen molar-refractivity contribution in [3.63, 3.8) is 0 Å². The summed E-state index contributed by atoms with van der Waals surface area (Å²) in [7, 11) is 1.68. The van der Waals surface area contributed by atoms with Crippen molar-refractivity contribution in [2.75, 3.05) is 26.9 Å². The van der Waals surface area contributed by atoms with Crippen LogP contribution in [0.1, 0.15) is 39.0 Å². The molecule has 2 unspecified atom stereocenters. The van der Waals surface area contributed by atoms with Gasteiger partial charge in [-0.2, -0.15) is 0 Å². The maximum absolute atomic E-state index is 5.78. The van der Waals surface area contributed by atoms with Crippen LogP contribution in [0.25, 0.3) is 0 Å². The van der Waals surface area contributed by atoms with Crippen molar-refractivity contribution in [1.82, 2.24) is 5.32 Å². The quantitative estimate of drug-likeness (QED) is 0.304. The molecular weight excluding hydrogens is 357 g/mol. The molecule has 0 aliphatic carbocycles. The fourth-order valence-corrected chi connectivity index (χ4v) is 2.14. The predicted molar refractivity (Wildman–Crippen MR) is 89.2 cm³/mol. The summed E-state index contributed by atoms with van der Waals surface area (Å²) in [5.41, 5.74) is 5.78. The molecule has 3 N–H and O–H groups in total. The lowest BCUT2D eigenvalue weighted by molar-refractivity contribution is 0.0105. The van der Waals surface area contributed by atoms with Gasteiger partial charge in [0.05, 0.1) is 12.7 Å². The van der Waals surface area contributed by atoms with E-state index in [2.05, 4.69) is 10.3 Å². The van der Waals surface area contributed by atoms with Crippen LogP contribution < -0.4 is 11.1 Å². The van der Waals surface area contributed by atoms with Crippen LogP contribution >= 0.6 is 24.0 Å². The fourth-order valence-electron chi connectivity index (χ4n) is 2.14. The van der Waals surface area contributed by atoms with E-state index < -0.39 is 0 Å². The van der Waals surface area contributed by atoms with Gasteiger partial charge in [-0.3, -0.25) is 4.99 Å². The second-order valence-corrected chi connectivity index (χ2v) is 4.90. The largest absolute Gasteiger partial charge is 0.383 e. The van der Waals surface area contributed by atoms with E-state index in [1.165, 1.54) is 19.3 Å². The first kappa shape index (κ1) is 18.9. The minimum atomic E-state index is 0. The van der Waals surface area contributed by atoms with E-state index in [-0.39, 0.29) is 30.0 Å². The Hall–Kier alpha value is -0.0800. The second kappa shape index (κ2) is 11.7. The third-order valence-electron chi connectivity index (χ3n) is 3.05. The molecule has 19 heavy (non-hydrogen) atoms. The van der Waals surface area contributed by atoms with E-state index >= 15 is 0 Å². The summed E-state index contributed by atoms with van der Waals surface area (Å²) in [4.78, 5) is 4.30. The SMILES string of the molecule is COCC(C)NC(N)=NCCCC1CCCCO1.I. The predicted octanol–water partition coefficient (Wildman–Crippen LogP) is 1.89. The second-order valence-electron chi connectivity index (χ2n) is 4.90. The number of guanidine groups is 1. The Labute approximate surface area is 133 Å². The van der Waals surface area contributed by atoms with E-state index in [9.17, 15) is 0 Å². The van der Waals surface area contributed by atoms with Gasteiger partial charge in [0.25, 0.3) is 0 Å². The van der Waals surface area contributed by atoms with Crippen LogP contribution in [-0.2, 0) is 9.47 Å². The Bertz CT molecular complexity index is 246. The van der Waals surface area contributed by atoms with E-state index in [1.54, 1.807) is 7.11 Å². The minimum Gasteiger partial charge on any atom is -0.383 e. The maximum atomic E-state index is 5.78. The van der Waals surface area contributed by atoms with Gasteiger partial charge in [-0.15, -0.1) is 24.0 Å². The third kappa shape index (κ3) is 9.45. The standard InChI is InChI=1S/C13H27N3O2.HI/c1-11(10-17-2)16-13(14)15-8-5-7-12-6-3-4-9-18-12;/h11-12H,3-10H2,1-2H3,(H3,14,15,16);1H. The van der Waals surface area contributed by atoms with Gasteiger partial charge in [-0.25, -0.2) is 0 Å². The average Bonchev–Trinajstić information content (AvgIpc) is 2.36. The number of ether oxygens (including phenoxy) is 2. The van der Waals surface area contributed by atoms with Gasteiger partial charge in [-0.05, 0) is 39.0 Å². The molecule has 0 saturated carbocycles. The Balaban J connectivity index is 0.00000324. The van der Waals surface area contributed by atoms with E-state index in [4.69, 9.17) is 15.2 Å². The molecule has 0 aromatic rings. The van der Waals surface area contributed by atoms with Gasteiger partial charge >= 0.3 is 0 Å². The molecule has 5 nitrogen and oxygen atoms in total. The minimum absolute atomic E-state index is 0. The third-order valence-corrected chi connectivity index (χ3v) is 3.05. The summed E-state index contributed by atoms with van der Waals surface area (Å²) < 4.78 is 10.7. The lowest BCUT2D eigenvalue weighted by Crippen LogP contribution is -2.40. The van der Waals surface area contributed by atoms with Crippen LogP contribution in [-0.4, -0.2) is 45.0 Å². The van der Waals surface area contributed by atoms with Crippen molar-refractivity contribution in [2.24, 2.45) is 10.7 Å². The molecular formula is C13H28IN3O2. The van der Waals surface area contributed by atoms with Crippen molar-refractivity contribution >= 4 is 29.9 Å². The number of nitrogens with two attached hydrogens (primary N) is 1. The number of halogens is 1. The number of hydrogen-bond acceptors (Lipinski definition) is 3. The first-order chi connectivity index (χ1) is 8.72. The monoisotopic (exact) mass is 385 g/mol. The summed E-state index contributed by atoms with van der Waals surface area (Å²) in [5, 5.41) is 3.09. The molecule has 1 rings (SSSR count). The Kier molecular flexibility index (Phi) is 11.7. The van der Waals surface area contributed by atoms with Crippen LogP contribution in [0, 0.1) is 0 Å². The molecule has 114 valence electrons. The highest BCUT2D eigenvalue weighted by molar-refractivity contribution is 14.0. The lowest BCUT2D eigenvalue weighted by Gasteiger charge is -2.22. The van der Waals surface area contributed by atoms with Gasteiger partial charge in [0.2, 0.25) is 0 Å². The normalized spacial score (nSPS) is 21.6.